The van der Waals surface area contributed by atoms with Crippen molar-refractivity contribution < 1.29 is 9.21 Å². The second-order valence-corrected chi connectivity index (χ2v) is 4.32. The van der Waals surface area contributed by atoms with Crippen molar-refractivity contribution in [3.63, 3.8) is 0 Å². The maximum atomic E-state index is 12.1. The number of carbonyl (C=O) groups is 1. The molecule has 3 rings (SSSR count). The third-order valence-corrected chi connectivity index (χ3v) is 2.96. The van der Waals surface area contributed by atoms with Crippen LogP contribution in [0.5, 0.6) is 0 Å². The number of hydrogen-bond acceptors (Lipinski definition) is 5. The highest BCUT2D eigenvalue weighted by Gasteiger charge is 2.16. The molecule has 0 aliphatic carbocycles. The molecule has 0 radical (unpaired) electrons. The Morgan fingerprint density at radius 2 is 2.14 bits per heavy atom. The zero-order valence-electron chi connectivity index (χ0n) is 11.1. The zero-order chi connectivity index (χ0) is 14.7. The van der Waals surface area contributed by atoms with E-state index in [-0.39, 0.29) is 11.7 Å². The number of carbonyl (C=O) groups excluding carboxylic acids is 1. The summed E-state index contributed by atoms with van der Waals surface area (Å²) in [6, 6.07) is 7.06. The van der Waals surface area contributed by atoms with Gasteiger partial charge in [0.15, 0.2) is 0 Å². The van der Waals surface area contributed by atoms with Gasteiger partial charge in [-0.1, -0.05) is 0 Å². The Morgan fingerprint density at radius 1 is 1.33 bits per heavy atom. The lowest BCUT2D eigenvalue weighted by Gasteiger charge is -2.05. The monoisotopic (exact) mass is 283 g/mol. The van der Waals surface area contributed by atoms with Crippen LogP contribution in [-0.2, 0) is 6.54 Å². The molecule has 0 spiro atoms. The minimum absolute atomic E-state index is 0.276. The van der Waals surface area contributed by atoms with Crippen LogP contribution in [0.2, 0.25) is 0 Å². The summed E-state index contributed by atoms with van der Waals surface area (Å²) in [5.41, 5.74) is 7.04. The van der Waals surface area contributed by atoms with Crippen molar-refractivity contribution in [2.24, 2.45) is 0 Å². The Balaban J connectivity index is 1.77. The number of hydrogen-bond donors (Lipinski definition) is 2. The van der Waals surface area contributed by atoms with E-state index in [1.807, 2.05) is 0 Å². The molecule has 0 aromatic carbocycles. The fourth-order valence-corrected chi connectivity index (χ4v) is 1.90. The molecule has 0 unspecified atom stereocenters. The molecule has 0 aliphatic heterocycles. The van der Waals surface area contributed by atoms with Crippen LogP contribution in [0.25, 0.3) is 5.69 Å². The number of nitrogens with two attached hydrogens (primary N) is 1. The minimum Gasteiger partial charge on any atom is -0.467 e. The normalized spacial score (nSPS) is 10.5. The van der Waals surface area contributed by atoms with Gasteiger partial charge in [-0.3, -0.25) is 9.78 Å². The Labute approximate surface area is 120 Å². The lowest BCUT2D eigenvalue weighted by molar-refractivity contribution is 0.0949. The molecule has 1 amide bonds. The molecule has 0 fully saturated rings. The van der Waals surface area contributed by atoms with Gasteiger partial charge in [-0.15, -0.1) is 0 Å². The molecular weight excluding hydrogens is 270 g/mol. The van der Waals surface area contributed by atoms with E-state index in [1.54, 1.807) is 42.9 Å². The second kappa shape index (κ2) is 5.49. The van der Waals surface area contributed by atoms with E-state index in [2.05, 4.69) is 15.4 Å². The third-order valence-electron chi connectivity index (χ3n) is 2.96. The predicted octanol–water partition coefficient (Wildman–Crippen LogP) is 1.37. The van der Waals surface area contributed by atoms with Crippen LogP contribution >= 0.6 is 0 Å². The summed E-state index contributed by atoms with van der Waals surface area (Å²) < 4.78 is 6.64. The first-order valence-electron chi connectivity index (χ1n) is 6.30. The average Bonchev–Trinajstić information content (AvgIpc) is 3.15. The molecule has 0 saturated carbocycles. The van der Waals surface area contributed by atoms with Crippen molar-refractivity contribution in [2.75, 3.05) is 5.73 Å². The van der Waals surface area contributed by atoms with E-state index < -0.39 is 0 Å². The van der Waals surface area contributed by atoms with E-state index >= 15 is 0 Å². The highest BCUT2D eigenvalue weighted by Crippen LogP contribution is 2.16. The van der Waals surface area contributed by atoms with Crippen LogP contribution in [0, 0.1) is 0 Å². The molecule has 3 aromatic heterocycles. The molecule has 0 saturated heterocycles. The lowest BCUT2D eigenvalue weighted by atomic mass is 10.3. The number of amides is 1. The molecular formula is C14H13N5O2. The minimum atomic E-state index is -0.302. The Bertz CT molecular complexity index is 734. The maximum absolute atomic E-state index is 12.1. The summed E-state index contributed by atoms with van der Waals surface area (Å²) in [4.78, 5) is 16.0. The van der Waals surface area contributed by atoms with Crippen LogP contribution in [-0.4, -0.2) is 20.7 Å². The molecule has 0 atom stereocenters. The average molecular weight is 283 g/mol. The number of rotatable bonds is 4. The van der Waals surface area contributed by atoms with E-state index in [9.17, 15) is 4.79 Å². The van der Waals surface area contributed by atoms with Crippen molar-refractivity contribution in [3.8, 4) is 5.69 Å². The van der Waals surface area contributed by atoms with E-state index in [0.29, 0.717) is 17.9 Å². The SMILES string of the molecule is Nc1c(C(=O)NCc2ccco2)cnn1-c1ccncc1. The molecule has 7 nitrogen and oxygen atoms in total. The molecule has 3 aromatic rings. The van der Waals surface area contributed by atoms with Crippen molar-refractivity contribution in [1.82, 2.24) is 20.1 Å². The largest absolute Gasteiger partial charge is 0.467 e. The highest BCUT2D eigenvalue weighted by atomic mass is 16.3. The predicted molar refractivity (Wildman–Crippen MR) is 75.6 cm³/mol. The van der Waals surface area contributed by atoms with Gasteiger partial charge in [0.25, 0.3) is 5.91 Å². The number of pyridine rings is 1. The van der Waals surface area contributed by atoms with Gasteiger partial charge in [-0.25, -0.2) is 4.68 Å². The highest BCUT2D eigenvalue weighted by molar-refractivity contribution is 5.98. The van der Waals surface area contributed by atoms with Gasteiger partial charge in [0.05, 0.1) is 24.7 Å². The van der Waals surface area contributed by atoms with E-state index in [1.165, 1.54) is 10.9 Å². The number of anilines is 1. The molecule has 21 heavy (non-hydrogen) atoms. The topological polar surface area (TPSA) is 99.0 Å². The van der Waals surface area contributed by atoms with Crippen molar-refractivity contribution in [1.29, 1.82) is 0 Å². The summed E-state index contributed by atoms with van der Waals surface area (Å²) in [7, 11) is 0. The van der Waals surface area contributed by atoms with Gasteiger partial charge in [0.2, 0.25) is 0 Å². The smallest absolute Gasteiger partial charge is 0.257 e. The van der Waals surface area contributed by atoms with Crippen LogP contribution < -0.4 is 11.1 Å². The maximum Gasteiger partial charge on any atom is 0.257 e. The van der Waals surface area contributed by atoms with Gasteiger partial charge in [-0.2, -0.15) is 5.10 Å². The Hall–Kier alpha value is -3.09. The van der Waals surface area contributed by atoms with Crippen LogP contribution in [0.3, 0.4) is 0 Å². The summed E-state index contributed by atoms with van der Waals surface area (Å²) in [5.74, 6) is 0.644. The van der Waals surface area contributed by atoms with Gasteiger partial charge < -0.3 is 15.5 Å². The molecule has 0 aliphatic rings. The summed E-state index contributed by atoms with van der Waals surface area (Å²) in [6.45, 7) is 0.297. The third kappa shape index (κ3) is 2.62. The van der Waals surface area contributed by atoms with Crippen LogP contribution in [0.4, 0.5) is 5.82 Å². The summed E-state index contributed by atoms with van der Waals surface area (Å²) in [5, 5.41) is 6.86. The first kappa shape index (κ1) is 12.9. The number of nitrogens with one attached hydrogen (secondary N) is 1. The van der Waals surface area contributed by atoms with Gasteiger partial charge in [-0.05, 0) is 24.3 Å². The van der Waals surface area contributed by atoms with E-state index in [0.717, 1.165) is 5.69 Å². The molecule has 3 N–H and O–H groups in total. The van der Waals surface area contributed by atoms with Crippen LogP contribution in [0.1, 0.15) is 16.1 Å². The van der Waals surface area contributed by atoms with Gasteiger partial charge >= 0.3 is 0 Å². The number of nitrogens with zero attached hydrogens (tertiary/aromatic N) is 3. The second-order valence-electron chi connectivity index (χ2n) is 4.32. The van der Waals surface area contributed by atoms with Crippen molar-refractivity contribution in [2.45, 2.75) is 6.54 Å². The first-order chi connectivity index (χ1) is 10.3. The van der Waals surface area contributed by atoms with Crippen molar-refractivity contribution in [3.05, 3.63) is 60.4 Å². The Kier molecular flexibility index (Phi) is 3.38. The quantitative estimate of drug-likeness (QED) is 0.753. The fourth-order valence-electron chi connectivity index (χ4n) is 1.90. The van der Waals surface area contributed by atoms with Gasteiger partial charge in [0, 0.05) is 12.4 Å². The van der Waals surface area contributed by atoms with E-state index in [4.69, 9.17) is 10.2 Å². The standard InChI is InChI=1S/C14H13N5O2/c15-13-12(14(20)17-8-11-2-1-7-21-11)9-18-19(13)10-3-5-16-6-4-10/h1-7,9H,8,15H2,(H,17,20). The number of aromatic nitrogens is 3. The van der Waals surface area contributed by atoms with Gasteiger partial charge in [0.1, 0.15) is 17.1 Å². The number of furan rings is 1. The summed E-state index contributed by atoms with van der Waals surface area (Å²) in [6.07, 6.45) is 6.25. The van der Waals surface area contributed by atoms with Crippen LogP contribution in [0.15, 0.2) is 53.5 Å². The molecule has 7 heteroatoms. The number of nitrogen functional groups attached to an aromatic ring is 1. The van der Waals surface area contributed by atoms with Crippen molar-refractivity contribution >= 4 is 11.7 Å². The molecule has 0 bridgehead atoms. The lowest BCUT2D eigenvalue weighted by Crippen LogP contribution is -2.23. The Morgan fingerprint density at radius 3 is 2.86 bits per heavy atom. The fraction of sp³-hybridized carbons (Fsp3) is 0.0714. The zero-order valence-corrected chi connectivity index (χ0v) is 11.1. The molecule has 106 valence electrons. The summed E-state index contributed by atoms with van der Waals surface area (Å²) >= 11 is 0. The first-order valence-corrected chi connectivity index (χ1v) is 6.30. The molecule has 3 heterocycles.